The number of rotatable bonds is 18. The van der Waals surface area contributed by atoms with Gasteiger partial charge in [0.25, 0.3) is 0 Å². The molecule has 4 rings (SSSR count). The quantitative estimate of drug-likeness (QED) is 0.0569. The van der Waals surface area contributed by atoms with Crippen molar-refractivity contribution < 1.29 is 0 Å². The van der Waals surface area contributed by atoms with Crippen LogP contribution in [0.3, 0.4) is 0 Å². The number of aryl methyl sites for hydroxylation is 4. The van der Waals surface area contributed by atoms with Gasteiger partial charge in [-0.1, -0.05) is 0 Å². The van der Waals surface area contributed by atoms with E-state index in [1.54, 1.807) is 0 Å². The van der Waals surface area contributed by atoms with Gasteiger partial charge in [0.2, 0.25) is 0 Å². The summed E-state index contributed by atoms with van der Waals surface area (Å²) in [5.41, 5.74) is 5.76. The predicted molar refractivity (Wildman–Crippen MR) is 194 cm³/mol. The van der Waals surface area contributed by atoms with E-state index in [0.717, 1.165) is 25.7 Å². The molecule has 0 aliphatic rings. The van der Waals surface area contributed by atoms with Crippen LogP contribution in [0.2, 0.25) is 8.94 Å². The first kappa shape index (κ1) is 32.9. The topological polar surface area (TPSA) is 0 Å². The molecule has 0 aliphatic carbocycles. The fourth-order valence-corrected chi connectivity index (χ4v) is 22.7. The van der Waals surface area contributed by atoms with Crippen LogP contribution in [-0.2, 0) is 49.3 Å². The van der Waals surface area contributed by atoms with Gasteiger partial charge in [-0.3, -0.25) is 0 Å². The van der Waals surface area contributed by atoms with Gasteiger partial charge in [0, 0.05) is 0 Å². The van der Waals surface area contributed by atoms with E-state index < -0.39 is 12.1 Å². The molecule has 0 unspecified atom stereocenters. The van der Waals surface area contributed by atoms with E-state index in [9.17, 15) is 0 Å². The third-order valence-electron chi connectivity index (χ3n) is 7.89. The van der Waals surface area contributed by atoms with Crippen molar-refractivity contribution in [3.8, 4) is 0 Å². The molecule has 0 N–H and O–H groups in total. The van der Waals surface area contributed by atoms with Gasteiger partial charge in [-0.25, -0.2) is 0 Å². The average Bonchev–Trinajstić information content (AvgIpc) is 3.03. The Kier molecular flexibility index (Phi) is 14.4. The molecule has 0 atom stereocenters. The number of benzene rings is 4. The minimum absolute atomic E-state index is 0.0548. The molecule has 0 spiro atoms. The Bertz CT molecular complexity index is 1160. The first-order chi connectivity index (χ1) is 20.0. The molecule has 0 radical (unpaired) electrons. The number of hydrogen-bond donors (Lipinski definition) is 0. The van der Waals surface area contributed by atoms with Gasteiger partial charge in [0.15, 0.2) is 0 Å². The Morgan fingerprint density at radius 1 is 0.366 bits per heavy atom. The van der Waals surface area contributed by atoms with Crippen LogP contribution in [0.4, 0.5) is 0 Å². The Labute approximate surface area is 269 Å². The first-order valence-corrected chi connectivity index (χ1v) is 24.9. The van der Waals surface area contributed by atoms with Crippen molar-refractivity contribution in [1.29, 1.82) is 0 Å². The van der Waals surface area contributed by atoms with E-state index in [1.165, 1.54) is 68.2 Å². The molecule has 4 aromatic carbocycles. The van der Waals surface area contributed by atoms with Crippen molar-refractivity contribution in [2.75, 3.05) is 37.0 Å². The van der Waals surface area contributed by atoms with Crippen molar-refractivity contribution in [3.63, 3.8) is 0 Å². The van der Waals surface area contributed by atoms with E-state index in [0.29, 0.717) is 0 Å². The van der Waals surface area contributed by atoms with Crippen molar-refractivity contribution in [2.24, 2.45) is 0 Å². The minimum atomic E-state index is -1.39. The maximum atomic E-state index is 6.53. The normalized spacial score (nSPS) is 11.9. The van der Waals surface area contributed by atoms with Gasteiger partial charge in [0.05, 0.1) is 0 Å². The van der Waals surface area contributed by atoms with Crippen molar-refractivity contribution in [2.45, 2.75) is 34.6 Å². The van der Waals surface area contributed by atoms with Crippen molar-refractivity contribution in [3.05, 3.63) is 144 Å². The average molecular weight is 730 g/mol. The zero-order chi connectivity index (χ0) is 28.6. The van der Waals surface area contributed by atoms with Crippen molar-refractivity contribution >= 4 is 56.6 Å². The Balaban J connectivity index is 1.31. The summed E-state index contributed by atoms with van der Waals surface area (Å²) in [5.74, 6) is 0. The third kappa shape index (κ3) is 12.6. The fourth-order valence-electron chi connectivity index (χ4n) is 5.14. The Morgan fingerprint density at radius 3 is 0.854 bits per heavy atom. The van der Waals surface area contributed by atoms with Gasteiger partial charge in [-0.05, 0) is 0 Å². The van der Waals surface area contributed by atoms with E-state index >= 15 is 0 Å². The van der Waals surface area contributed by atoms with Gasteiger partial charge >= 0.3 is 272 Å². The number of hydrogen-bond acceptors (Lipinski definition) is 2. The van der Waals surface area contributed by atoms with Gasteiger partial charge < -0.3 is 0 Å². The summed E-state index contributed by atoms with van der Waals surface area (Å²) in [7, 11) is 0. The molecule has 0 fully saturated rings. The van der Waals surface area contributed by atoms with Crippen LogP contribution in [0.15, 0.2) is 121 Å². The summed E-state index contributed by atoms with van der Waals surface area (Å²) in [6.45, 7) is 0. The zero-order valence-corrected chi connectivity index (χ0v) is 29.9. The molecule has 0 nitrogen and oxygen atoms in total. The predicted octanol–water partition coefficient (Wildman–Crippen LogP) is 9.46. The van der Waals surface area contributed by atoms with Crippen LogP contribution in [0.5, 0.6) is 0 Å². The molecule has 0 saturated carbocycles. The SMILES string of the molecule is S=P(CC[Te]CCP(=S)(CCc1ccccc1)CCc1ccccc1)(CCc1ccccc1)CCc1ccccc1. The Morgan fingerprint density at radius 2 is 0.610 bits per heavy atom. The summed E-state index contributed by atoms with van der Waals surface area (Å²) >= 11 is 13.0. The third-order valence-corrected chi connectivity index (χ3v) is 22.1. The molecule has 0 heterocycles. The monoisotopic (exact) mass is 732 g/mol. The molecule has 4 aromatic rings. The summed E-state index contributed by atoms with van der Waals surface area (Å²) in [6, 6.07) is 41.1. The van der Waals surface area contributed by atoms with Crippen LogP contribution in [0.25, 0.3) is 0 Å². The van der Waals surface area contributed by atoms with Crippen molar-refractivity contribution in [1.82, 2.24) is 0 Å². The fraction of sp³-hybridized carbons (Fsp3) is 0.333. The van der Waals surface area contributed by atoms with E-state index in [2.05, 4.69) is 121 Å². The second-order valence-corrected chi connectivity index (χ2v) is 26.1. The molecule has 41 heavy (non-hydrogen) atoms. The maximum absolute atomic E-state index is 6.53. The summed E-state index contributed by atoms with van der Waals surface area (Å²) in [6.07, 6.45) is 11.9. The van der Waals surface area contributed by atoms with Crippen LogP contribution in [0.1, 0.15) is 22.3 Å². The van der Waals surface area contributed by atoms with Crippen LogP contribution in [0, 0.1) is 0 Å². The van der Waals surface area contributed by atoms with Crippen LogP contribution in [-0.4, -0.2) is 57.9 Å². The molecule has 5 heteroatoms. The molecular weight excluding hydrogens is 686 g/mol. The zero-order valence-electron chi connectivity index (χ0n) is 24.2. The van der Waals surface area contributed by atoms with E-state index in [4.69, 9.17) is 23.6 Å². The molecule has 0 amide bonds. The standard InChI is InChI=1S/C36H44P2S2Te/c39-37(25-21-33-13-5-1-6-14-33,26-22-34-15-7-2-8-16-34)29-31-41-32-30-38(40,27-23-35-17-9-3-10-18-35)28-24-36-19-11-4-12-20-36/h1-20H,21-32H2. The summed E-state index contributed by atoms with van der Waals surface area (Å²) in [4.78, 5) is 0. The first-order valence-electron chi connectivity index (χ1n) is 14.9. The second kappa shape index (κ2) is 17.9. The summed E-state index contributed by atoms with van der Waals surface area (Å²) < 4.78 is 2.78. The molecular formula is C36H44P2S2Te. The molecule has 0 bridgehead atoms. The van der Waals surface area contributed by atoms with E-state index in [-0.39, 0.29) is 20.9 Å². The molecule has 0 aliphatic heterocycles. The van der Waals surface area contributed by atoms with Gasteiger partial charge in [0.1, 0.15) is 0 Å². The van der Waals surface area contributed by atoms with E-state index in [1.807, 2.05) is 0 Å². The molecule has 216 valence electrons. The van der Waals surface area contributed by atoms with Crippen LogP contribution < -0.4 is 0 Å². The van der Waals surface area contributed by atoms with Gasteiger partial charge in [-0.15, -0.1) is 0 Å². The molecule has 0 aromatic heterocycles. The summed E-state index contributed by atoms with van der Waals surface area (Å²) in [5, 5.41) is 0. The van der Waals surface area contributed by atoms with Crippen LogP contribution >= 0.6 is 12.1 Å². The van der Waals surface area contributed by atoms with Gasteiger partial charge in [-0.2, -0.15) is 0 Å². The molecule has 0 saturated heterocycles. The Hall–Kier alpha value is -1.03. The second-order valence-electron chi connectivity index (χ2n) is 11.0.